The van der Waals surface area contributed by atoms with E-state index in [1.165, 1.54) is 0 Å². The normalized spacial score (nSPS) is 15.6. The third kappa shape index (κ3) is 6.45. The summed E-state index contributed by atoms with van der Waals surface area (Å²) < 4.78 is 10.8. The molecule has 0 radical (unpaired) electrons. The Balaban J connectivity index is 4.35. The lowest BCUT2D eigenvalue weighted by Gasteiger charge is -2.30. The molecule has 0 aromatic rings. The summed E-state index contributed by atoms with van der Waals surface area (Å²) in [4.78, 5) is 23.3. The van der Waals surface area contributed by atoms with E-state index in [2.05, 4.69) is 0 Å². The molecule has 0 spiro atoms. The van der Waals surface area contributed by atoms with Gasteiger partial charge in [0, 0.05) is 6.42 Å². The number of hydrogen-bond acceptors (Lipinski definition) is 6. The molecule has 4 N–H and O–H groups in total. The molecule has 118 valence electrons. The zero-order valence-electron chi connectivity index (χ0n) is 13.4. The third-order valence-electron chi connectivity index (χ3n) is 2.92. The Kier molecular flexibility index (Phi) is 6.80. The van der Waals surface area contributed by atoms with E-state index < -0.39 is 29.3 Å². The quantitative estimate of drug-likeness (QED) is 0.639. The van der Waals surface area contributed by atoms with Crippen LogP contribution < -0.4 is 11.5 Å². The van der Waals surface area contributed by atoms with Crippen molar-refractivity contribution in [3.8, 4) is 0 Å². The highest BCUT2D eigenvalue weighted by atomic mass is 16.6. The monoisotopic (exact) mass is 288 g/mol. The van der Waals surface area contributed by atoms with Crippen LogP contribution >= 0.6 is 0 Å². The first kappa shape index (κ1) is 19.0. The largest absolute Gasteiger partial charge is 0.458 e. The van der Waals surface area contributed by atoms with Crippen molar-refractivity contribution in [2.75, 3.05) is 6.61 Å². The van der Waals surface area contributed by atoms with Gasteiger partial charge in [-0.25, -0.2) is 0 Å². The standard InChI is InChI=1S/C14H28N2O4/c1-9(15)11(17)14(5,6)19-8-7-13(3,4)20-12(18)10(2)16/h9-10H,7-8,15-16H2,1-6H3. The van der Waals surface area contributed by atoms with Gasteiger partial charge < -0.3 is 20.9 Å². The molecule has 0 fully saturated rings. The molecule has 0 saturated carbocycles. The smallest absolute Gasteiger partial charge is 0.323 e. The van der Waals surface area contributed by atoms with E-state index in [0.29, 0.717) is 6.42 Å². The van der Waals surface area contributed by atoms with Crippen molar-refractivity contribution in [1.82, 2.24) is 0 Å². The van der Waals surface area contributed by atoms with Crippen molar-refractivity contribution in [3.05, 3.63) is 0 Å². The molecule has 0 aromatic carbocycles. The number of Topliss-reactive ketones (excluding diaryl/α,β-unsaturated/α-hetero) is 1. The number of nitrogens with two attached hydrogens (primary N) is 2. The molecule has 6 nitrogen and oxygen atoms in total. The first-order valence-corrected chi connectivity index (χ1v) is 6.81. The lowest BCUT2D eigenvalue weighted by Crippen LogP contribution is -2.45. The summed E-state index contributed by atoms with van der Waals surface area (Å²) >= 11 is 0. The summed E-state index contributed by atoms with van der Waals surface area (Å²) in [5, 5.41) is 0. The fourth-order valence-electron chi connectivity index (χ4n) is 1.59. The van der Waals surface area contributed by atoms with E-state index in [9.17, 15) is 9.59 Å². The molecule has 0 bridgehead atoms. The van der Waals surface area contributed by atoms with Gasteiger partial charge in [0.05, 0.1) is 12.6 Å². The molecule has 0 aliphatic carbocycles. The predicted molar refractivity (Wildman–Crippen MR) is 77.1 cm³/mol. The summed E-state index contributed by atoms with van der Waals surface area (Å²) in [6.45, 7) is 10.4. The Bertz CT molecular complexity index is 349. The van der Waals surface area contributed by atoms with Crippen molar-refractivity contribution >= 4 is 11.8 Å². The second kappa shape index (κ2) is 7.15. The van der Waals surface area contributed by atoms with Crippen LogP contribution in [0.2, 0.25) is 0 Å². The molecular weight excluding hydrogens is 260 g/mol. The number of rotatable bonds is 8. The van der Waals surface area contributed by atoms with Crippen LogP contribution in [-0.4, -0.2) is 41.6 Å². The number of ether oxygens (including phenoxy) is 2. The lowest BCUT2D eigenvalue weighted by atomic mass is 9.98. The maximum atomic E-state index is 11.8. The van der Waals surface area contributed by atoms with Gasteiger partial charge >= 0.3 is 5.97 Å². The Morgan fingerprint density at radius 2 is 1.55 bits per heavy atom. The molecule has 2 atom stereocenters. The SMILES string of the molecule is CC(N)C(=O)OC(C)(C)CCOC(C)(C)C(=O)C(C)N. The molecule has 0 saturated heterocycles. The van der Waals surface area contributed by atoms with E-state index in [4.69, 9.17) is 20.9 Å². The van der Waals surface area contributed by atoms with E-state index in [1.807, 2.05) is 0 Å². The van der Waals surface area contributed by atoms with Crippen LogP contribution in [0.3, 0.4) is 0 Å². The first-order chi connectivity index (χ1) is 8.89. The van der Waals surface area contributed by atoms with Gasteiger partial charge in [-0.15, -0.1) is 0 Å². The van der Waals surface area contributed by atoms with Gasteiger partial charge in [-0.2, -0.15) is 0 Å². The fraction of sp³-hybridized carbons (Fsp3) is 0.857. The van der Waals surface area contributed by atoms with Gasteiger partial charge in [0.25, 0.3) is 0 Å². The van der Waals surface area contributed by atoms with Gasteiger partial charge in [0.2, 0.25) is 0 Å². The van der Waals surface area contributed by atoms with Gasteiger partial charge in [-0.1, -0.05) is 0 Å². The lowest BCUT2D eigenvalue weighted by molar-refractivity contribution is -0.161. The second-order valence-electron chi connectivity index (χ2n) is 6.23. The molecule has 0 rings (SSSR count). The van der Waals surface area contributed by atoms with Crippen LogP contribution in [0.1, 0.15) is 48.0 Å². The fourth-order valence-corrected chi connectivity index (χ4v) is 1.59. The van der Waals surface area contributed by atoms with Crippen LogP contribution in [0.25, 0.3) is 0 Å². The molecule has 6 heteroatoms. The van der Waals surface area contributed by atoms with Crippen molar-refractivity contribution in [3.63, 3.8) is 0 Å². The van der Waals surface area contributed by atoms with Crippen molar-refractivity contribution in [2.24, 2.45) is 11.5 Å². The van der Waals surface area contributed by atoms with Crippen LogP contribution in [0.15, 0.2) is 0 Å². The minimum atomic E-state index is -0.949. The van der Waals surface area contributed by atoms with Crippen molar-refractivity contribution in [2.45, 2.75) is 71.2 Å². The van der Waals surface area contributed by atoms with Crippen LogP contribution in [0.4, 0.5) is 0 Å². The molecule has 0 aromatic heterocycles. The minimum absolute atomic E-state index is 0.164. The van der Waals surface area contributed by atoms with E-state index >= 15 is 0 Å². The maximum absolute atomic E-state index is 11.8. The van der Waals surface area contributed by atoms with Gasteiger partial charge in [-0.3, -0.25) is 9.59 Å². The summed E-state index contributed by atoms with van der Waals surface area (Å²) in [5.74, 6) is -0.621. The molecular formula is C14H28N2O4. The van der Waals surface area contributed by atoms with Crippen LogP contribution in [-0.2, 0) is 19.1 Å². The van der Waals surface area contributed by atoms with Crippen molar-refractivity contribution < 1.29 is 19.1 Å². The second-order valence-corrected chi connectivity index (χ2v) is 6.23. The maximum Gasteiger partial charge on any atom is 0.323 e. The van der Waals surface area contributed by atoms with Crippen LogP contribution in [0.5, 0.6) is 0 Å². The van der Waals surface area contributed by atoms with E-state index in [0.717, 1.165) is 0 Å². The molecule has 0 aliphatic heterocycles. The predicted octanol–water partition coefficient (Wildman–Crippen LogP) is 0.757. The molecule has 0 aliphatic rings. The Hall–Kier alpha value is -0.980. The van der Waals surface area contributed by atoms with Gasteiger partial charge in [-0.05, 0) is 41.5 Å². The summed E-state index contributed by atoms with van der Waals surface area (Å²) in [5.41, 5.74) is 9.37. The van der Waals surface area contributed by atoms with E-state index in [1.54, 1.807) is 41.5 Å². The summed E-state index contributed by atoms with van der Waals surface area (Å²) in [7, 11) is 0. The first-order valence-electron chi connectivity index (χ1n) is 6.81. The number of hydrogen-bond donors (Lipinski definition) is 2. The zero-order chi connectivity index (χ0) is 16.1. The summed E-state index contributed by atoms with van der Waals surface area (Å²) in [6.07, 6.45) is 0.459. The molecule has 20 heavy (non-hydrogen) atoms. The third-order valence-corrected chi connectivity index (χ3v) is 2.92. The van der Waals surface area contributed by atoms with Gasteiger partial charge in [0.1, 0.15) is 17.2 Å². The van der Waals surface area contributed by atoms with E-state index in [-0.39, 0.29) is 12.4 Å². The number of carbonyl (C=O) groups is 2. The Morgan fingerprint density at radius 3 is 1.95 bits per heavy atom. The van der Waals surface area contributed by atoms with Crippen molar-refractivity contribution in [1.29, 1.82) is 0 Å². The average molecular weight is 288 g/mol. The number of ketones is 1. The Labute approximate surface area is 121 Å². The summed E-state index contributed by atoms with van der Waals surface area (Å²) in [6, 6.07) is -1.24. The molecule has 0 amide bonds. The zero-order valence-corrected chi connectivity index (χ0v) is 13.4. The number of esters is 1. The van der Waals surface area contributed by atoms with Gasteiger partial charge in [0.15, 0.2) is 5.78 Å². The minimum Gasteiger partial charge on any atom is -0.458 e. The number of carbonyl (C=O) groups excluding carboxylic acids is 2. The Morgan fingerprint density at radius 1 is 1.05 bits per heavy atom. The highest BCUT2D eigenvalue weighted by molar-refractivity contribution is 5.90. The highest BCUT2D eigenvalue weighted by Gasteiger charge is 2.32. The molecule has 2 unspecified atom stereocenters. The molecule has 0 heterocycles. The topological polar surface area (TPSA) is 105 Å². The highest BCUT2D eigenvalue weighted by Crippen LogP contribution is 2.19. The average Bonchev–Trinajstić information content (AvgIpc) is 2.26. The van der Waals surface area contributed by atoms with Crippen LogP contribution in [0, 0.1) is 0 Å².